The van der Waals surface area contributed by atoms with Crippen LogP contribution in [0.2, 0.25) is 0 Å². The molecule has 0 saturated heterocycles. The van der Waals surface area contributed by atoms with Gasteiger partial charge >= 0.3 is 0 Å². The summed E-state index contributed by atoms with van der Waals surface area (Å²) in [6, 6.07) is 12.1. The van der Waals surface area contributed by atoms with Crippen LogP contribution in [-0.2, 0) is 11.2 Å². The third kappa shape index (κ3) is 2.35. The Kier molecular flexibility index (Phi) is 3.33. The second-order valence-electron chi connectivity index (χ2n) is 5.00. The summed E-state index contributed by atoms with van der Waals surface area (Å²) in [6.07, 6.45) is 7.83. The Morgan fingerprint density at radius 1 is 1.25 bits per heavy atom. The Bertz CT molecular complexity index is 649. The van der Waals surface area contributed by atoms with E-state index in [1.807, 2.05) is 41.3 Å². The summed E-state index contributed by atoms with van der Waals surface area (Å²) in [4.78, 5) is 18.2. The highest BCUT2D eigenvalue weighted by Gasteiger charge is 2.28. The second kappa shape index (κ2) is 5.29. The van der Waals surface area contributed by atoms with Crippen LogP contribution in [-0.4, -0.2) is 16.9 Å². The van der Waals surface area contributed by atoms with Crippen LogP contribution in [0.15, 0.2) is 54.9 Å². The van der Waals surface area contributed by atoms with Gasteiger partial charge in [0, 0.05) is 30.2 Å². The average molecular weight is 264 g/mol. The molecule has 2 heterocycles. The molecule has 1 unspecified atom stereocenters. The van der Waals surface area contributed by atoms with Crippen LogP contribution < -0.4 is 4.90 Å². The molecule has 3 heteroatoms. The van der Waals surface area contributed by atoms with Crippen LogP contribution >= 0.6 is 0 Å². The summed E-state index contributed by atoms with van der Waals surface area (Å²) in [5.74, 6) is 0.0271. The van der Waals surface area contributed by atoms with Crippen LogP contribution in [0.25, 0.3) is 6.08 Å². The molecule has 1 aliphatic heterocycles. The molecule has 0 radical (unpaired) electrons. The number of aromatic nitrogens is 1. The molecule has 1 aliphatic rings. The van der Waals surface area contributed by atoms with Gasteiger partial charge in [0.1, 0.15) is 0 Å². The first kappa shape index (κ1) is 12.6. The van der Waals surface area contributed by atoms with Gasteiger partial charge in [0.2, 0.25) is 0 Å². The molecule has 0 N–H and O–H groups in total. The lowest BCUT2D eigenvalue weighted by Gasteiger charge is -2.20. The Labute approximate surface area is 118 Å². The number of amides is 1. The van der Waals surface area contributed by atoms with E-state index >= 15 is 0 Å². The van der Waals surface area contributed by atoms with Gasteiger partial charge in [-0.3, -0.25) is 9.78 Å². The molecule has 3 rings (SSSR count). The molecule has 1 atom stereocenters. The van der Waals surface area contributed by atoms with Crippen molar-refractivity contribution in [3.05, 3.63) is 66.0 Å². The van der Waals surface area contributed by atoms with Gasteiger partial charge in [0.25, 0.3) is 5.91 Å². The number of anilines is 1. The number of pyridine rings is 1. The van der Waals surface area contributed by atoms with Crippen molar-refractivity contribution in [1.82, 2.24) is 4.98 Å². The lowest BCUT2D eigenvalue weighted by Crippen LogP contribution is -2.34. The number of carbonyl (C=O) groups is 1. The van der Waals surface area contributed by atoms with Gasteiger partial charge in [0.05, 0.1) is 0 Å². The molecule has 1 amide bonds. The normalized spacial score (nSPS) is 17.4. The van der Waals surface area contributed by atoms with Gasteiger partial charge in [-0.2, -0.15) is 0 Å². The first-order chi connectivity index (χ1) is 9.75. The Morgan fingerprint density at radius 2 is 2.00 bits per heavy atom. The van der Waals surface area contributed by atoms with Crippen molar-refractivity contribution in [2.75, 3.05) is 4.90 Å². The molecule has 0 bridgehead atoms. The van der Waals surface area contributed by atoms with Crippen molar-refractivity contribution in [3.8, 4) is 0 Å². The minimum Gasteiger partial charge on any atom is -0.305 e. The standard InChI is InChI=1S/C17H16N2O/c1-13-12-15-4-2-3-5-16(15)19(13)17(20)7-6-14-8-10-18-11-9-14/h2-11,13H,12H2,1H3/b7-6+. The lowest BCUT2D eigenvalue weighted by atomic mass is 10.1. The molecule has 0 fully saturated rings. The van der Waals surface area contributed by atoms with E-state index in [0.717, 1.165) is 17.7 Å². The SMILES string of the molecule is CC1Cc2ccccc2N1C(=O)/C=C/c1ccncc1. The van der Waals surface area contributed by atoms with Crippen molar-refractivity contribution in [3.63, 3.8) is 0 Å². The van der Waals surface area contributed by atoms with Crippen molar-refractivity contribution >= 4 is 17.7 Å². The second-order valence-corrected chi connectivity index (χ2v) is 5.00. The lowest BCUT2D eigenvalue weighted by molar-refractivity contribution is -0.114. The van der Waals surface area contributed by atoms with Crippen LogP contribution in [0, 0.1) is 0 Å². The quantitative estimate of drug-likeness (QED) is 0.781. The fourth-order valence-corrected chi connectivity index (χ4v) is 2.62. The fourth-order valence-electron chi connectivity index (χ4n) is 2.62. The number of fused-ring (bicyclic) bond motifs is 1. The number of para-hydroxylation sites is 1. The first-order valence-corrected chi connectivity index (χ1v) is 6.75. The monoisotopic (exact) mass is 264 g/mol. The molecule has 20 heavy (non-hydrogen) atoms. The van der Waals surface area contributed by atoms with Crippen molar-refractivity contribution < 1.29 is 4.79 Å². The summed E-state index contributed by atoms with van der Waals surface area (Å²) >= 11 is 0. The topological polar surface area (TPSA) is 33.2 Å². The highest BCUT2D eigenvalue weighted by molar-refractivity contribution is 6.05. The van der Waals surface area contributed by atoms with E-state index in [4.69, 9.17) is 0 Å². The van der Waals surface area contributed by atoms with E-state index in [-0.39, 0.29) is 11.9 Å². The van der Waals surface area contributed by atoms with Crippen molar-refractivity contribution in [2.24, 2.45) is 0 Å². The van der Waals surface area contributed by atoms with E-state index in [9.17, 15) is 4.79 Å². The molecule has 3 nitrogen and oxygen atoms in total. The zero-order chi connectivity index (χ0) is 13.9. The Morgan fingerprint density at radius 3 is 2.80 bits per heavy atom. The van der Waals surface area contributed by atoms with E-state index in [2.05, 4.69) is 18.0 Å². The molecular formula is C17H16N2O. The minimum atomic E-state index is 0.0271. The maximum atomic E-state index is 12.4. The zero-order valence-electron chi connectivity index (χ0n) is 11.4. The number of nitrogens with zero attached hydrogens (tertiary/aromatic N) is 2. The van der Waals surface area contributed by atoms with Gasteiger partial charge in [-0.05, 0) is 48.7 Å². The molecule has 100 valence electrons. The third-order valence-corrected chi connectivity index (χ3v) is 3.57. The van der Waals surface area contributed by atoms with Gasteiger partial charge in [-0.25, -0.2) is 0 Å². The predicted molar refractivity (Wildman–Crippen MR) is 80.4 cm³/mol. The van der Waals surface area contributed by atoms with E-state index < -0.39 is 0 Å². The smallest absolute Gasteiger partial charge is 0.251 e. The molecular weight excluding hydrogens is 248 g/mol. The van der Waals surface area contributed by atoms with E-state index in [1.54, 1.807) is 18.5 Å². The summed E-state index contributed by atoms with van der Waals surface area (Å²) in [6.45, 7) is 2.08. The molecule has 1 aromatic carbocycles. The summed E-state index contributed by atoms with van der Waals surface area (Å²) in [7, 11) is 0. The number of hydrogen-bond acceptors (Lipinski definition) is 2. The maximum absolute atomic E-state index is 12.4. The molecule has 1 aromatic heterocycles. The van der Waals surface area contributed by atoms with E-state index in [1.165, 1.54) is 5.56 Å². The summed E-state index contributed by atoms with van der Waals surface area (Å²) < 4.78 is 0. The fraction of sp³-hybridized carbons (Fsp3) is 0.176. The molecule has 0 spiro atoms. The van der Waals surface area contributed by atoms with Gasteiger partial charge in [-0.1, -0.05) is 18.2 Å². The van der Waals surface area contributed by atoms with Crippen LogP contribution in [0.5, 0.6) is 0 Å². The third-order valence-electron chi connectivity index (χ3n) is 3.57. The first-order valence-electron chi connectivity index (χ1n) is 6.75. The van der Waals surface area contributed by atoms with Crippen molar-refractivity contribution in [2.45, 2.75) is 19.4 Å². The van der Waals surface area contributed by atoms with Gasteiger partial charge in [0.15, 0.2) is 0 Å². The highest BCUT2D eigenvalue weighted by Crippen LogP contribution is 2.31. The Balaban J connectivity index is 1.83. The van der Waals surface area contributed by atoms with Gasteiger partial charge < -0.3 is 4.90 Å². The van der Waals surface area contributed by atoms with Gasteiger partial charge in [-0.15, -0.1) is 0 Å². The predicted octanol–water partition coefficient (Wildman–Crippen LogP) is 3.07. The van der Waals surface area contributed by atoms with Crippen LogP contribution in [0.4, 0.5) is 5.69 Å². The molecule has 0 aliphatic carbocycles. The highest BCUT2D eigenvalue weighted by atomic mass is 16.2. The van der Waals surface area contributed by atoms with Crippen LogP contribution in [0.1, 0.15) is 18.1 Å². The largest absolute Gasteiger partial charge is 0.305 e. The molecule has 0 saturated carbocycles. The van der Waals surface area contributed by atoms with Crippen LogP contribution in [0.3, 0.4) is 0 Å². The average Bonchev–Trinajstić information content (AvgIpc) is 2.82. The van der Waals surface area contributed by atoms with E-state index in [0.29, 0.717) is 0 Å². The molecule has 2 aromatic rings. The van der Waals surface area contributed by atoms with Crippen molar-refractivity contribution in [1.29, 1.82) is 0 Å². The Hall–Kier alpha value is -2.42. The number of carbonyl (C=O) groups excluding carboxylic acids is 1. The number of rotatable bonds is 2. The number of benzene rings is 1. The zero-order valence-corrected chi connectivity index (χ0v) is 11.4. The summed E-state index contributed by atoms with van der Waals surface area (Å²) in [5.41, 5.74) is 3.25. The summed E-state index contributed by atoms with van der Waals surface area (Å²) in [5, 5.41) is 0. The maximum Gasteiger partial charge on any atom is 0.251 e. The number of hydrogen-bond donors (Lipinski definition) is 0. The minimum absolute atomic E-state index is 0.0271.